The first kappa shape index (κ1) is 31.4. The first-order valence-electron chi connectivity index (χ1n) is 13.5. The van der Waals surface area contributed by atoms with Crippen molar-refractivity contribution in [2.45, 2.75) is 76.8 Å². The summed E-state index contributed by atoms with van der Waals surface area (Å²) in [5, 5.41) is 12.2. The number of anilines is 1. The number of aliphatic carboxylic acids is 1. The molecule has 2 rings (SSSR count). The molecular formula is C30H43N3O4S. The monoisotopic (exact) mass is 541 g/mol. The number of rotatable bonds is 17. The molecule has 0 saturated carbocycles. The number of thioether (sulfide) groups is 1. The molecule has 2 aromatic rings. The first-order chi connectivity index (χ1) is 18.3. The van der Waals surface area contributed by atoms with E-state index in [4.69, 9.17) is 5.73 Å². The van der Waals surface area contributed by atoms with E-state index in [2.05, 4.69) is 12.2 Å². The Kier molecular flexibility index (Phi) is 13.9. The van der Waals surface area contributed by atoms with Gasteiger partial charge in [0.25, 0.3) is 0 Å². The van der Waals surface area contributed by atoms with E-state index in [0.29, 0.717) is 12.8 Å². The quantitative estimate of drug-likeness (QED) is 0.236. The van der Waals surface area contributed by atoms with Crippen LogP contribution in [0.15, 0.2) is 48.5 Å². The van der Waals surface area contributed by atoms with Crippen molar-refractivity contribution in [3.05, 3.63) is 54.1 Å². The van der Waals surface area contributed by atoms with E-state index in [1.165, 1.54) is 25.7 Å². The lowest BCUT2D eigenvalue weighted by Crippen LogP contribution is -2.49. The van der Waals surface area contributed by atoms with Crippen LogP contribution < -0.4 is 16.0 Å². The van der Waals surface area contributed by atoms with Crippen LogP contribution in [0.1, 0.15) is 63.9 Å². The number of carbonyl (C=O) groups is 3. The second-order valence-electron chi connectivity index (χ2n) is 9.71. The van der Waals surface area contributed by atoms with Crippen molar-refractivity contribution in [3.63, 3.8) is 0 Å². The molecule has 38 heavy (non-hydrogen) atoms. The van der Waals surface area contributed by atoms with Crippen molar-refractivity contribution in [2.75, 3.05) is 24.0 Å². The van der Waals surface area contributed by atoms with E-state index in [1.54, 1.807) is 16.7 Å². The summed E-state index contributed by atoms with van der Waals surface area (Å²) in [5.74, 6) is -0.697. The maximum absolute atomic E-state index is 12.7. The number of carboxylic acids is 1. The number of carboxylic acid groups (broad SMARTS) is 1. The molecule has 0 saturated heterocycles. The van der Waals surface area contributed by atoms with Gasteiger partial charge in [0.15, 0.2) is 0 Å². The van der Waals surface area contributed by atoms with Crippen molar-refractivity contribution < 1.29 is 19.5 Å². The van der Waals surface area contributed by atoms with Crippen LogP contribution in [0.3, 0.4) is 0 Å². The van der Waals surface area contributed by atoms with Crippen LogP contribution >= 0.6 is 11.8 Å². The predicted octanol–water partition coefficient (Wildman–Crippen LogP) is 5.26. The molecule has 0 unspecified atom stereocenters. The number of nitrogens with zero attached hydrogens (tertiary/aromatic N) is 1. The number of benzene rings is 2. The van der Waals surface area contributed by atoms with Gasteiger partial charge in [0.1, 0.15) is 6.04 Å². The molecule has 7 nitrogen and oxygen atoms in total. The van der Waals surface area contributed by atoms with Gasteiger partial charge in [-0.25, -0.2) is 4.79 Å². The lowest BCUT2D eigenvalue weighted by molar-refractivity contribution is -0.142. The van der Waals surface area contributed by atoms with E-state index in [1.807, 2.05) is 61.8 Å². The van der Waals surface area contributed by atoms with Crippen LogP contribution in [0.25, 0.3) is 11.1 Å². The lowest BCUT2D eigenvalue weighted by Gasteiger charge is -2.19. The molecule has 0 aliphatic carbocycles. The highest BCUT2D eigenvalue weighted by molar-refractivity contribution is 7.98. The second kappa shape index (κ2) is 16.9. The highest BCUT2D eigenvalue weighted by Gasteiger charge is 2.23. The molecule has 0 fully saturated rings. The number of hydrogen-bond donors (Lipinski definition) is 3. The van der Waals surface area contributed by atoms with Gasteiger partial charge in [0.05, 0.1) is 6.04 Å². The summed E-state index contributed by atoms with van der Waals surface area (Å²) in [6, 6.07) is 13.7. The maximum Gasteiger partial charge on any atom is 0.326 e. The molecule has 4 N–H and O–H groups in total. The summed E-state index contributed by atoms with van der Waals surface area (Å²) in [7, 11) is 1.81. The maximum atomic E-state index is 12.7. The van der Waals surface area contributed by atoms with Gasteiger partial charge in [-0.2, -0.15) is 11.8 Å². The van der Waals surface area contributed by atoms with Gasteiger partial charge in [-0.1, -0.05) is 75.4 Å². The third-order valence-corrected chi connectivity index (χ3v) is 7.31. The highest BCUT2D eigenvalue weighted by atomic mass is 32.2. The van der Waals surface area contributed by atoms with Crippen LogP contribution in [0.4, 0.5) is 5.69 Å². The van der Waals surface area contributed by atoms with Crippen LogP contribution in [0, 0.1) is 0 Å². The van der Waals surface area contributed by atoms with E-state index >= 15 is 0 Å². The van der Waals surface area contributed by atoms with Gasteiger partial charge in [-0.15, -0.1) is 0 Å². The molecule has 2 aromatic carbocycles. The molecule has 2 atom stereocenters. The minimum absolute atomic E-state index is 0.114. The zero-order valence-corrected chi connectivity index (χ0v) is 23.8. The van der Waals surface area contributed by atoms with Crippen molar-refractivity contribution in [3.8, 4) is 11.1 Å². The summed E-state index contributed by atoms with van der Waals surface area (Å²) >= 11 is 1.59. The fourth-order valence-corrected chi connectivity index (χ4v) is 4.68. The number of carbonyl (C=O) groups excluding carboxylic acids is 2. The Hall–Kier alpha value is -2.84. The fourth-order valence-electron chi connectivity index (χ4n) is 4.19. The van der Waals surface area contributed by atoms with Gasteiger partial charge >= 0.3 is 5.97 Å². The molecule has 0 aromatic heterocycles. The molecule has 0 radical (unpaired) electrons. The Morgan fingerprint density at radius 3 is 2.34 bits per heavy atom. The average molecular weight is 542 g/mol. The summed E-state index contributed by atoms with van der Waals surface area (Å²) in [6.45, 7) is 2.20. The average Bonchev–Trinajstić information content (AvgIpc) is 2.92. The summed E-state index contributed by atoms with van der Waals surface area (Å²) in [6.07, 6.45) is 10.0. The Bertz CT molecular complexity index is 1030. The Balaban J connectivity index is 1.99. The number of nitrogens with one attached hydrogen (secondary N) is 1. The summed E-state index contributed by atoms with van der Waals surface area (Å²) in [5.41, 5.74) is 9.45. The molecule has 2 amide bonds. The smallest absolute Gasteiger partial charge is 0.326 e. The molecule has 0 bridgehead atoms. The second-order valence-corrected chi connectivity index (χ2v) is 10.7. The van der Waals surface area contributed by atoms with Gasteiger partial charge in [-0.05, 0) is 53.7 Å². The molecule has 0 spiro atoms. The van der Waals surface area contributed by atoms with Crippen LogP contribution in [-0.4, -0.2) is 54.0 Å². The van der Waals surface area contributed by atoms with E-state index in [9.17, 15) is 19.5 Å². The standard InChI is InChI=1S/C30H43N3O4S/c1-4-5-6-7-8-9-13-28(34)33(2)25-12-10-11-24(21-25)23-16-14-22(15-17-23)20-27(30(36)37)32-29(35)26(31)18-19-38-3/h10-12,14-17,21,26-27H,4-9,13,18-20,31H2,1-3H3,(H,32,35)(H,36,37)/t26-,27-/m0/s1. The normalized spacial score (nSPS) is 12.5. The largest absolute Gasteiger partial charge is 0.480 e. The predicted molar refractivity (Wildman–Crippen MR) is 158 cm³/mol. The highest BCUT2D eigenvalue weighted by Crippen LogP contribution is 2.25. The van der Waals surface area contributed by atoms with Gasteiger partial charge in [-0.3, -0.25) is 9.59 Å². The number of unbranched alkanes of at least 4 members (excludes halogenated alkanes) is 5. The van der Waals surface area contributed by atoms with Crippen molar-refractivity contribution in [2.24, 2.45) is 5.73 Å². The Morgan fingerprint density at radius 2 is 1.68 bits per heavy atom. The van der Waals surface area contributed by atoms with Crippen molar-refractivity contribution in [1.29, 1.82) is 0 Å². The Labute approximate surface area is 231 Å². The lowest BCUT2D eigenvalue weighted by atomic mass is 10.00. The van der Waals surface area contributed by atoms with E-state index in [-0.39, 0.29) is 12.3 Å². The number of amides is 2. The van der Waals surface area contributed by atoms with Gasteiger partial charge in [0, 0.05) is 25.6 Å². The molecule has 208 valence electrons. The number of hydrogen-bond acceptors (Lipinski definition) is 5. The van der Waals surface area contributed by atoms with Crippen molar-refractivity contribution >= 4 is 35.2 Å². The number of nitrogens with two attached hydrogens (primary N) is 1. The minimum Gasteiger partial charge on any atom is -0.480 e. The third-order valence-electron chi connectivity index (χ3n) is 6.66. The molecular weight excluding hydrogens is 498 g/mol. The first-order valence-corrected chi connectivity index (χ1v) is 14.9. The van der Waals surface area contributed by atoms with Crippen LogP contribution in [-0.2, 0) is 20.8 Å². The summed E-state index contributed by atoms with van der Waals surface area (Å²) < 4.78 is 0. The SMILES string of the molecule is CCCCCCCCC(=O)N(C)c1cccc(-c2ccc(C[C@H](NC(=O)[C@@H](N)CCSC)C(=O)O)cc2)c1. The van der Waals surface area contributed by atoms with E-state index in [0.717, 1.165) is 41.0 Å². The molecule has 0 heterocycles. The topological polar surface area (TPSA) is 113 Å². The zero-order chi connectivity index (χ0) is 27.9. The summed E-state index contributed by atoms with van der Waals surface area (Å²) in [4.78, 5) is 38.5. The van der Waals surface area contributed by atoms with Crippen LogP contribution in [0.2, 0.25) is 0 Å². The van der Waals surface area contributed by atoms with Crippen LogP contribution in [0.5, 0.6) is 0 Å². The fraction of sp³-hybridized carbons (Fsp3) is 0.500. The molecule has 0 aliphatic rings. The van der Waals surface area contributed by atoms with Crippen molar-refractivity contribution in [1.82, 2.24) is 5.32 Å². The zero-order valence-electron chi connectivity index (χ0n) is 22.9. The molecule has 0 aliphatic heterocycles. The Morgan fingerprint density at radius 1 is 1.00 bits per heavy atom. The molecule has 8 heteroatoms. The van der Waals surface area contributed by atoms with E-state index < -0.39 is 24.0 Å². The van der Waals surface area contributed by atoms with Gasteiger partial charge in [0.2, 0.25) is 11.8 Å². The minimum atomic E-state index is -1.10. The van der Waals surface area contributed by atoms with Gasteiger partial charge < -0.3 is 21.1 Å². The third kappa shape index (κ3) is 10.5.